The van der Waals surface area contributed by atoms with Crippen molar-refractivity contribution < 1.29 is 13.5 Å². The number of aliphatic hydroxyl groups excluding tert-OH is 1. The molecule has 21 heavy (non-hydrogen) atoms. The number of benzene rings is 1. The number of sulfonamides is 1. The van der Waals surface area contributed by atoms with Crippen molar-refractivity contribution in [2.45, 2.75) is 4.90 Å². The van der Waals surface area contributed by atoms with Crippen molar-refractivity contribution in [2.75, 3.05) is 11.3 Å². The van der Waals surface area contributed by atoms with Gasteiger partial charge >= 0.3 is 0 Å². The summed E-state index contributed by atoms with van der Waals surface area (Å²) in [6, 6.07) is 8.25. The molecular weight excluding hydrogens is 294 g/mol. The summed E-state index contributed by atoms with van der Waals surface area (Å²) in [5.41, 5.74) is 0.162. The van der Waals surface area contributed by atoms with Crippen LogP contribution >= 0.6 is 0 Å². The van der Waals surface area contributed by atoms with Crippen LogP contribution in [0, 0.1) is 11.8 Å². The molecule has 2 rings (SSSR count). The lowest BCUT2D eigenvalue weighted by atomic mass is 10.2. The first-order chi connectivity index (χ1) is 10.0. The normalized spacial score (nSPS) is 10.5. The first kappa shape index (κ1) is 14.8. The molecule has 1 heterocycles. The highest BCUT2D eigenvalue weighted by molar-refractivity contribution is 7.92. The van der Waals surface area contributed by atoms with Crippen molar-refractivity contribution in [3.63, 3.8) is 0 Å². The minimum absolute atomic E-state index is 0.0127. The highest BCUT2D eigenvalue weighted by atomic mass is 32.2. The molecule has 0 unspecified atom stereocenters. The predicted molar refractivity (Wildman–Crippen MR) is 76.1 cm³/mol. The van der Waals surface area contributed by atoms with Crippen LogP contribution in [0.15, 0.2) is 46.1 Å². The van der Waals surface area contributed by atoms with E-state index in [0.717, 1.165) is 0 Å². The van der Waals surface area contributed by atoms with Crippen molar-refractivity contribution in [3.05, 3.63) is 52.3 Å². The van der Waals surface area contributed by atoms with E-state index in [1.165, 1.54) is 36.4 Å². The number of anilines is 1. The molecular formula is C13H11N3O4S. The van der Waals surface area contributed by atoms with E-state index in [-0.39, 0.29) is 17.3 Å². The Kier molecular flexibility index (Phi) is 4.37. The second-order valence-electron chi connectivity index (χ2n) is 3.90. The minimum atomic E-state index is -3.80. The van der Waals surface area contributed by atoms with Gasteiger partial charge in [-0.1, -0.05) is 11.8 Å². The first-order valence-corrected chi connectivity index (χ1v) is 7.28. The van der Waals surface area contributed by atoms with Gasteiger partial charge in [0.25, 0.3) is 15.6 Å². The number of aliphatic hydroxyl groups is 1. The highest BCUT2D eigenvalue weighted by Gasteiger charge is 2.14. The maximum absolute atomic E-state index is 12.1. The molecule has 1 aromatic heterocycles. The lowest BCUT2D eigenvalue weighted by molar-refractivity contribution is 0.350. The molecule has 8 heteroatoms. The third-order valence-electron chi connectivity index (χ3n) is 2.39. The van der Waals surface area contributed by atoms with Gasteiger partial charge in [-0.05, 0) is 30.3 Å². The molecule has 0 amide bonds. The van der Waals surface area contributed by atoms with E-state index in [2.05, 4.69) is 26.8 Å². The van der Waals surface area contributed by atoms with Gasteiger partial charge in [0.2, 0.25) is 0 Å². The monoisotopic (exact) mass is 305 g/mol. The first-order valence-electron chi connectivity index (χ1n) is 5.79. The van der Waals surface area contributed by atoms with E-state index in [1.807, 2.05) is 0 Å². The molecule has 0 aliphatic heterocycles. The van der Waals surface area contributed by atoms with Gasteiger partial charge in [-0.2, -0.15) is 5.10 Å². The number of aromatic nitrogens is 2. The Morgan fingerprint density at radius 3 is 2.48 bits per heavy atom. The molecule has 0 spiro atoms. The van der Waals surface area contributed by atoms with E-state index in [9.17, 15) is 13.2 Å². The van der Waals surface area contributed by atoms with E-state index < -0.39 is 15.6 Å². The summed E-state index contributed by atoms with van der Waals surface area (Å²) in [5.74, 6) is 5.14. The smallest absolute Gasteiger partial charge is 0.264 e. The number of nitrogens with zero attached hydrogens (tertiary/aromatic N) is 1. The summed E-state index contributed by atoms with van der Waals surface area (Å²) in [6.07, 6.45) is 0. The number of rotatable bonds is 3. The van der Waals surface area contributed by atoms with Crippen LogP contribution in [0.2, 0.25) is 0 Å². The zero-order valence-electron chi connectivity index (χ0n) is 10.7. The molecule has 0 saturated heterocycles. The van der Waals surface area contributed by atoms with Gasteiger partial charge in [0.15, 0.2) is 5.82 Å². The zero-order chi connectivity index (χ0) is 15.3. The summed E-state index contributed by atoms with van der Waals surface area (Å²) in [5, 5.41) is 14.3. The summed E-state index contributed by atoms with van der Waals surface area (Å²) in [7, 11) is -3.80. The third-order valence-corrected chi connectivity index (χ3v) is 3.77. The zero-order valence-corrected chi connectivity index (χ0v) is 11.5. The van der Waals surface area contributed by atoms with Gasteiger partial charge < -0.3 is 5.11 Å². The van der Waals surface area contributed by atoms with Crippen molar-refractivity contribution >= 4 is 15.8 Å². The minimum Gasteiger partial charge on any atom is -0.384 e. The number of hydrogen-bond acceptors (Lipinski definition) is 5. The van der Waals surface area contributed by atoms with Gasteiger partial charge in [-0.3, -0.25) is 9.52 Å². The second-order valence-corrected chi connectivity index (χ2v) is 5.58. The predicted octanol–water partition coefficient (Wildman–Crippen LogP) is -0.0855. The highest BCUT2D eigenvalue weighted by Crippen LogP contribution is 2.13. The number of nitrogens with one attached hydrogen (secondary N) is 2. The molecule has 0 aliphatic carbocycles. The fourth-order valence-electron chi connectivity index (χ4n) is 1.46. The van der Waals surface area contributed by atoms with Crippen molar-refractivity contribution in [3.8, 4) is 11.8 Å². The Bertz CT molecular complexity index is 825. The lowest BCUT2D eigenvalue weighted by Gasteiger charge is -2.06. The summed E-state index contributed by atoms with van der Waals surface area (Å²) < 4.78 is 26.4. The van der Waals surface area contributed by atoms with Crippen LogP contribution in [0.3, 0.4) is 0 Å². The number of aromatic amines is 1. The molecule has 1 aromatic carbocycles. The fourth-order valence-corrected chi connectivity index (χ4v) is 2.46. The van der Waals surface area contributed by atoms with Gasteiger partial charge in [0.05, 0.1) is 4.90 Å². The molecule has 0 radical (unpaired) electrons. The summed E-state index contributed by atoms with van der Waals surface area (Å²) in [4.78, 5) is 10.9. The van der Waals surface area contributed by atoms with Gasteiger partial charge in [-0.15, -0.1) is 0 Å². The maximum Gasteiger partial charge on any atom is 0.264 e. The Morgan fingerprint density at radius 2 is 1.90 bits per heavy atom. The van der Waals surface area contributed by atoms with Crippen LogP contribution in [-0.4, -0.2) is 30.3 Å². The van der Waals surface area contributed by atoms with Crippen LogP contribution in [0.25, 0.3) is 0 Å². The second kappa shape index (κ2) is 6.21. The Hall–Kier alpha value is -2.63. The molecule has 0 fully saturated rings. The van der Waals surface area contributed by atoms with Crippen LogP contribution in [-0.2, 0) is 10.0 Å². The fraction of sp³-hybridized carbons (Fsp3) is 0.0769. The molecule has 108 valence electrons. The number of hydrogen-bond donors (Lipinski definition) is 3. The van der Waals surface area contributed by atoms with Crippen molar-refractivity contribution in [1.82, 2.24) is 10.2 Å². The molecule has 0 aliphatic rings. The van der Waals surface area contributed by atoms with Crippen molar-refractivity contribution in [1.29, 1.82) is 0 Å². The Labute approximate surface area is 120 Å². The number of H-pyrrole nitrogens is 1. The average molecular weight is 305 g/mol. The van der Waals surface area contributed by atoms with Crippen LogP contribution in [0.1, 0.15) is 5.56 Å². The molecule has 0 atom stereocenters. The Morgan fingerprint density at radius 1 is 1.19 bits per heavy atom. The molecule has 7 nitrogen and oxygen atoms in total. The summed E-state index contributed by atoms with van der Waals surface area (Å²) in [6.45, 7) is -0.264. The SMILES string of the molecule is O=c1ccc(NS(=O)(=O)c2ccc(C#CCO)cc2)n[nH]1. The van der Waals surface area contributed by atoms with E-state index in [1.54, 1.807) is 0 Å². The van der Waals surface area contributed by atoms with Crippen LogP contribution in [0.4, 0.5) is 5.82 Å². The summed E-state index contributed by atoms with van der Waals surface area (Å²) >= 11 is 0. The largest absolute Gasteiger partial charge is 0.384 e. The third kappa shape index (κ3) is 3.92. The lowest BCUT2D eigenvalue weighted by Crippen LogP contribution is -2.16. The quantitative estimate of drug-likeness (QED) is 0.686. The standard InChI is InChI=1S/C13H11N3O4S/c17-9-1-2-10-3-5-11(6-4-10)21(19,20)16-12-7-8-13(18)15-14-12/h3-8,17H,9H2,(H,14,16)(H,15,18). The van der Waals surface area contributed by atoms with E-state index in [4.69, 9.17) is 5.11 Å². The average Bonchev–Trinajstić information content (AvgIpc) is 2.48. The van der Waals surface area contributed by atoms with Crippen LogP contribution < -0.4 is 10.3 Å². The van der Waals surface area contributed by atoms with E-state index >= 15 is 0 Å². The molecule has 3 N–H and O–H groups in total. The van der Waals surface area contributed by atoms with Gasteiger partial charge in [0.1, 0.15) is 6.61 Å². The van der Waals surface area contributed by atoms with Gasteiger partial charge in [0, 0.05) is 11.6 Å². The van der Waals surface area contributed by atoms with E-state index in [0.29, 0.717) is 5.56 Å². The van der Waals surface area contributed by atoms with Crippen molar-refractivity contribution in [2.24, 2.45) is 0 Å². The Balaban J connectivity index is 2.23. The van der Waals surface area contributed by atoms with Crippen LogP contribution in [0.5, 0.6) is 0 Å². The molecule has 0 saturated carbocycles. The molecule has 2 aromatic rings. The van der Waals surface area contributed by atoms with Gasteiger partial charge in [-0.25, -0.2) is 13.5 Å². The molecule has 0 bridgehead atoms. The topological polar surface area (TPSA) is 112 Å². The maximum atomic E-state index is 12.1.